The van der Waals surface area contributed by atoms with Gasteiger partial charge in [-0.15, -0.1) is 0 Å². The Morgan fingerprint density at radius 1 is 1.22 bits per heavy atom. The van der Waals surface area contributed by atoms with E-state index < -0.39 is 11.7 Å². The van der Waals surface area contributed by atoms with Gasteiger partial charge in [0, 0.05) is 38.2 Å². The van der Waals surface area contributed by atoms with Gasteiger partial charge in [-0.2, -0.15) is 13.2 Å². The van der Waals surface area contributed by atoms with Crippen LogP contribution >= 0.6 is 0 Å². The van der Waals surface area contributed by atoms with Crippen LogP contribution < -0.4 is 10.2 Å². The molecule has 1 aromatic heterocycles. The number of rotatable bonds is 3. The van der Waals surface area contributed by atoms with Crippen molar-refractivity contribution in [1.29, 1.82) is 0 Å². The summed E-state index contributed by atoms with van der Waals surface area (Å²) in [4.78, 5) is 14.3. The van der Waals surface area contributed by atoms with E-state index in [1.165, 1.54) is 6.07 Å². The Morgan fingerprint density at radius 2 is 2.00 bits per heavy atom. The molecule has 0 spiro atoms. The van der Waals surface area contributed by atoms with E-state index in [4.69, 9.17) is 9.15 Å². The monoisotopic (exact) mass is 382 g/mol. The molecule has 0 unspecified atom stereocenters. The van der Waals surface area contributed by atoms with Crippen molar-refractivity contribution < 1.29 is 27.1 Å². The normalized spacial score (nSPS) is 19.1. The molecule has 1 amide bonds. The summed E-state index contributed by atoms with van der Waals surface area (Å²) < 4.78 is 50.5. The van der Waals surface area contributed by atoms with Gasteiger partial charge in [-0.25, -0.2) is 0 Å². The van der Waals surface area contributed by atoms with Crippen LogP contribution in [-0.4, -0.2) is 38.8 Å². The van der Waals surface area contributed by atoms with Crippen LogP contribution in [0.15, 0.2) is 22.6 Å². The average molecular weight is 382 g/mol. The van der Waals surface area contributed by atoms with Crippen LogP contribution in [0.4, 0.5) is 18.9 Å². The molecule has 4 rings (SSSR count). The van der Waals surface area contributed by atoms with Crippen LogP contribution in [0.25, 0.3) is 11.0 Å². The number of hydrogen-bond acceptors (Lipinski definition) is 4. The predicted octanol–water partition coefficient (Wildman–Crippen LogP) is 3.82. The van der Waals surface area contributed by atoms with Crippen LogP contribution in [0.5, 0.6) is 0 Å². The Morgan fingerprint density at radius 3 is 2.74 bits per heavy atom. The summed E-state index contributed by atoms with van der Waals surface area (Å²) in [5.74, 6) is 0.232. The second-order valence-corrected chi connectivity index (χ2v) is 7.08. The molecule has 0 bridgehead atoms. The largest absolute Gasteiger partial charge is 0.449 e. The van der Waals surface area contributed by atoms with Gasteiger partial charge in [0.15, 0.2) is 0 Å². The van der Waals surface area contributed by atoms with Crippen molar-refractivity contribution in [3.05, 3.63) is 29.5 Å². The first-order valence-electron chi connectivity index (χ1n) is 9.18. The number of ether oxygens (including phenoxy) is 1. The summed E-state index contributed by atoms with van der Waals surface area (Å²) >= 11 is 0. The highest BCUT2D eigenvalue weighted by atomic mass is 19.4. The number of nitrogens with one attached hydrogen (secondary N) is 1. The Balaban J connectivity index is 1.70. The van der Waals surface area contributed by atoms with Crippen molar-refractivity contribution in [3.8, 4) is 0 Å². The number of amides is 1. The SMILES string of the molecule is O=C1NCCN(CCC2CCOCC2)c2c1oc1ccc(C(F)(F)F)cc21. The molecule has 0 radical (unpaired) electrons. The molecule has 2 aromatic rings. The lowest BCUT2D eigenvalue weighted by Gasteiger charge is -2.27. The third-order valence-corrected chi connectivity index (χ3v) is 5.33. The van der Waals surface area contributed by atoms with Gasteiger partial charge in [0.2, 0.25) is 5.76 Å². The fourth-order valence-corrected chi connectivity index (χ4v) is 3.82. The van der Waals surface area contributed by atoms with Crippen molar-refractivity contribution in [1.82, 2.24) is 5.32 Å². The highest BCUT2D eigenvalue weighted by Gasteiger charge is 2.33. The van der Waals surface area contributed by atoms with Crippen LogP contribution in [0.3, 0.4) is 0 Å². The number of halogens is 3. The molecule has 27 heavy (non-hydrogen) atoms. The van der Waals surface area contributed by atoms with Gasteiger partial charge < -0.3 is 19.4 Å². The van der Waals surface area contributed by atoms with Crippen molar-refractivity contribution in [2.75, 3.05) is 37.7 Å². The van der Waals surface area contributed by atoms with Gasteiger partial charge in [0.25, 0.3) is 5.91 Å². The molecule has 2 aliphatic rings. The predicted molar refractivity (Wildman–Crippen MR) is 93.9 cm³/mol. The minimum atomic E-state index is -4.45. The standard InChI is InChI=1S/C19H21F3N2O3/c20-19(21,22)13-1-2-15-14(11-13)16-17(27-15)18(25)23-6-8-24(16)7-3-12-4-9-26-10-5-12/h1-2,11-12H,3-10H2,(H,23,25). The van der Waals surface area contributed by atoms with Gasteiger partial charge in [-0.05, 0) is 43.4 Å². The molecule has 0 atom stereocenters. The molecule has 1 aromatic carbocycles. The number of anilines is 1. The number of furan rings is 1. The maximum Gasteiger partial charge on any atom is 0.416 e. The summed E-state index contributed by atoms with van der Waals surface area (Å²) in [6.45, 7) is 3.13. The lowest BCUT2D eigenvalue weighted by Crippen LogP contribution is -2.32. The van der Waals surface area contributed by atoms with Gasteiger partial charge >= 0.3 is 6.18 Å². The van der Waals surface area contributed by atoms with E-state index in [2.05, 4.69) is 5.32 Å². The number of nitrogens with zero attached hydrogens (tertiary/aromatic N) is 1. The summed E-state index contributed by atoms with van der Waals surface area (Å²) in [7, 11) is 0. The lowest BCUT2D eigenvalue weighted by molar-refractivity contribution is -0.137. The van der Waals surface area contributed by atoms with E-state index in [1.54, 1.807) is 0 Å². The second-order valence-electron chi connectivity index (χ2n) is 7.08. The first-order chi connectivity index (χ1) is 12.9. The van der Waals surface area contributed by atoms with Crippen LogP contribution in [0, 0.1) is 5.92 Å². The van der Waals surface area contributed by atoms with Crippen molar-refractivity contribution in [2.24, 2.45) is 5.92 Å². The lowest BCUT2D eigenvalue weighted by atomic mass is 9.96. The van der Waals surface area contributed by atoms with Gasteiger partial charge in [-0.1, -0.05) is 0 Å². The summed E-state index contributed by atoms with van der Waals surface area (Å²) in [6.07, 6.45) is -1.56. The first-order valence-corrected chi connectivity index (χ1v) is 9.18. The van der Waals surface area contributed by atoms with E-state index >= 15 is 0 Å². The van der Waals surface area contributed by atoms with E-state index in [0.717, 1.165) is 44.6 Å². The zero-order valence-corrected chi connectivity index (χ0v) is 14.8. The molecule has 146 valence electrons. The first kappa shape index (κ1) is 18.2. The van der Waals surface area contributed by atoms with Crippen molar-refractivity contribution in [3.63, 3.8) is 0 Å². The maximum atomic E-state index is 13.2. The Kier molecular flexibility index (Phi) is 4.75. The van der Waals surface area contributed by atoms with E-state index in [-0.39, 0.29) is 11.7 Å². The minimum absolute atomic E-state index is 0.0915. The Bertz CT molecular complexity index is 841. The zero-order valence-electron chi connectivity index (χ0n) is 14.8. The van der Waals surface area contributed by atoms with Crippen LogP contribution in [0.2, 0.25) is 0 Å². The van der Waals surface area contributed by atoms with Crippen molar-refractivity contribution in [2.45, 2.75) is 25.4 Å². The molecular weight excluding hydrogens is 361 g/mol. The van der Waals surface area contributed by atoms with Crippen LogP contribution in [0.1, 0.15) is 35.4 Å². The van der Waals surface area contributed by atoms with Gasteiger partial charge in [0.1, 0.15) is 5.58 Å². The third-order valence-electron chi connectivity index (χ3n) is 5.33. The number of alkyl halides is 3. The number of benzene rings is 1. The number of hydrogen-bond donors (Lipinski definition) is 1. The Hall–Kier alpha value is -2.22. The highest BCUT2D eigenvalue weighted by molar-refractivity contribution is 6.07. The minimum Gasteiger partial charge on any atom is -0.449 e. The number of carbonyl (C=O) groups is 1. The molecule has 1 N–H and O–H groups in total. The molecular formula is C19H21F3N2O3. The van der Waals surface area contributed by atoms with E-state index in [1.807, 2.05) is 4.90 Å². The molecule has 0 aliphatic carbocycles. The smallest absolute Gasteiger partial charge is 0.416 e. The fraction of sp³-hybridized carbons (Fsp3) is 0.526. The summed E-state index contributed by atoms with van der Waals surface area (Å²) in [6, 6.07) is 3.35. The number of fused-ring (bicyclic) bond motifs is 3. The quantitative estimate of drug-likeness (QED) is 0.877. The summed E-state index contributed by atoms with van der Waals surface area (Å²) in [5.41, 5.74) is 0.0203. The molecule has 1 saturated heterocycles. The average Bonchev–Trinajstić information content (AvgIpc) is 2.96. The van der Waals surface area contributed by atoms with Gasteiger partial charge in [-0.3, -0.25) is 4.79 Å². The maximum absolute atomic E-state index is 13.2. The summed E-state index contributed by atoms with van der Waals surface area (Å²) in [5, 5.41) is 3.09. The van der Waals surface area contributed by atoms with Crippen molar-refractivity contribution >= 4 is 22.6 Å². The van der Waals surface area contributed by atoms with E-state index in [0.29, 0.717) is 42.2 Å². The van der Waals surface area contributed by atoms with E-state index in [9.17, 15) is 18.0 Å². The zero-order chi connectivity index (χ0) is 19.0. The highest BCUT2D eigenvalue weighted by Crippen LogP contribution is 2.39. The molecule has 5 nitrogen and oxygen atoms in total. The fourth-order valence-electron chi connectivity index (χ4n) is 3.82. The molecule has 1 fully saturated rings. The molecule has 0 saturated carbocycles. The van der Waals surface area contributed by atoms with Gasteiger partial charge in [0.05, 0.1) is 11.3 Å². The molecule has 8 heteroatoms. The second kappa shape index (κ2) is 7.07. The molecule has 3 heterocycles. The topological polar surface area (TPSA) is 54.7 Å². The third kappa shape index (κ3) is 3.63. The number of carbonyl (C=O) groups excluding carboxylic acids is 1. The molecule has 2 aliphatic heterocycles. The van der Waals surface area contributed by atoms with Crippen LogP contribution in [-0.2, 0) is 10.9 Å². The Labute approximate surface area is 154 Å².